The van der Waals surface area contributed by atoms with Gasteiger partial charge in [-0.25, -0.2) is 0 Å². The standard InChI is InChI=1S/C8H11ClN2O/c1-5(2)12-7-4-3-6(9)8(10)11-7/h3-5H,1-2H3,(H2,10,11). The fourth-order valence-corrected chi connectivity index (χ4v) is 0.852. The molecule has 0 aliphatic rings. The molecule has 12 heavy (non-hydrogen) atoms. The summed E-state index contributed by atoms with van der Waals surface area (Å²) in [5, 5.41) is 0.450. The maximum absolute atomic E-state index is 5.67. The first kappa shape index (κ1) is 9.13. The van der Waals surface area contributed by atoms with E-state index in [2.05, 4.69) is 4.98 Å². The van der Waals surface area contributed by atoms with Crippen molar-refractivity contribution >= 4 is 17.4 Å². The molecule has 1 heterocycles. The molecule has 0 unspecified atom stereocenters. The highest BCUT2D eigenvalue weighted by atomic mass is 35.5. The average molecular weight is 187 g/mol. The summed E-state index contributed by atoms with van der Waals surface area (Å²) in [7, 11) is 0. The number of rotatable bonds is 2. The number of nitrogen functional groups attached to an aromatic ring is 1. The Morgan fingerprint density at radius 2 is 2.17 bits per heavy atom. The molecule has 4 heteroatoms. The lowest BCUT2D eigenvalue weighted by molar-refractivity contribution is 0.233. The molecule has 0 fully saturated rings. The summed E-state index contributed by atoms with van der Waals surface area (Å²) in [5.41, 5.74) is 5.47. The minimum absolute atomic E-state index is 0.0954. The van der Waals surface area contributed by atoms with Crippen molar-refractivity contribution in [3.05, 3.63) is 17.2 Å². The van der Waals surface area contributed by atoms with Crippen molar-refractivity contribution in [2.24, 2.45) is 0 Å². The van der Waals surface area contributed by atoms with Gasteiger partial charge in [0, 0.05) is 6.07 Å². The molecule has 0 radical (unpaired) electrons. The number of anilines is 1. The van der Waals surface area contributed by atoms with Crippen molar-refractivity contribution in [2.45, 2.75) is 20.0 Å². The molecule has 0 bridgehead atoms. The number of hydrogen-bond acceptors (Lipinski definition) is 3. The third kappa shape index (κ3) is 2.27. The zero-order valence-electron chi connectivity index (χ0n) is 7.04. The van der Waals surface area contributed by atoms with Crippen LogP contribution < -0.4 is 10.5 Å². The second-order valence-corrected chi connectivity index (χ2v) is 3.09. The second-order valence-electron chi connectivity index (χ2n) is 2.68. The first-order valence-corrected chi connectivity index (χ1v) is 4.06. The van der Waals surface area contributed by atoms with Crippen LogP contribution in [0.2, 0.25) is 5.02 Å². The van der Waals surface area contributed by atoms with E-state index in [1.54, 1.807) is 12.1 Å². The lowest BCUT2D eigenvalue weighted by Crippen LogP contribution is -2.07. The topological polar surface area (TPSA) is 48.1 Å². The number of aromatic nitrogens is 1. The normalized spacial score (nSPS) is 10.3. The summed E-state index contributed by atoms with van der Waals surface area (Å²) in [6.45, 7) is 3.85. The van der Waals surface area contributed by atoms with Crippen LogP contribution in [-0.2, 0) is 0 Å². The summed E-state index contributed by atoms with van der Waals surface area (Å²) in [4.78, 5) is 3.94. The van der Waals surface area contributed by atoms with Crippen molar-refractivity contribution in [1.29, 1.82) is 0 Å². The van der Waals surface area contributed by atoms with E-state index in [1.807, 2.05) is 13.8 Å². The van der Waals surface area contributed by atoms with Gasteiger partial charge in [-0.1, -0.05) is 11.6 Å². The number of nitrogens with zero attached hydrogens (tertiary/aromatic N) is 1. The predicted molar refractivity (Wildman–Crippen MR) is 49.4 cm³/mol. The predicted octanol–water partition coefficient (Wildman–Crippen LogP) is 2.10. The van der Waals surface area contributed by atoms with E-state index in [-0.39, 0.29) is 6.10 Å². The highest BCUT2D eigenvalue weighted by molar-refractivity contribution is 6.32. The van der Waals surface area contributed by atoms with Crippen molar-refractivity contribution in [3.8, 4) is 5.88 Å². The fraction of sp³-hybridized carbons (Fsp3) is 0.375. The fourth-order valence-electron chi connectivity index (χ4n) is 0.746. The van der Waals surface area contributed by atoms with Crippen LogP contribution in [0.4, 0.5) is 5.82 Å². The first-order valence-electron chi connectivity index (χ1n) is 3.68. The van der Waals surface area contributed by atoms with Gasteiger partial charge in [-0.05, 0) is 19.9 Å². The van der Waals surface area contributed by atoms with E-state index in [0.717, 1.165) is 0 Å². The largest absolute Gasteiger partial charge is 0.475 e. The highest BCUT2D eigenvalue weighted by Crippen LogP contribution is 2.19. The van der Waals surface area contributed by atoms with Crippen LogP contribution in [0, 0.1) is 0 Å². The van der Waals surface area contributed by atoms with Crippen LogP contribution in [0.3, 0.4) is 0 Å². The summed E-state index contributed by atoms with van der Waals surface area (Å²) < 4.78 is 5.30. The first-order chi connectivity index (χ1) is 5.59. The van der Waals surface area contributed by atoms with Crippen molar-refractivity contribution in [1.82, 2.24) is 4.98 Å². The van der Waals surface area contributed by atoms with Gasteiger partial charge in [0.2, 0.25) is 5.88 Å². The van der Waals surface area contributed by atoms with Gasteiger partial charge in [0.15, 0.2) is 0 Å². The molecule has 66 valence electrons. The molecular weight excluding hydrogens is 176 g/mol. The highest BCUT2D eigenvalue weighted by Gasteiger charge is 2.01. The Balaban J connectivity index is 2.82. The summed E-state index contributed by atoms with van der Waals surface area (Å²) in [5.74, 6) is 0.807. The third-order valence-corrected chi connectivity index (χ3v) is 1.52. The molecule has 0 aliphatic heterocycles. The molecule has 0 saturated heterocycles. The van der Waals surface area contributed by atoms with E-state index in [9.17, 15) is 0 Å². The van der Waals surface area contributed by atoms with E-state index < -0.39 is 0 Å². The molecule has 1 rings (SSSR count). The Bertz CT molecular complexity index is 276. The van der Waals surface area contributed by atoms with E-state index in [4.69, 9.17) is 22.1 Å². The second kappa shape index (κ2) is 3.63. The van der Waals surface area contributed by atoms with Gasteiger partial charge >= 0.3 is 0 Å². The van der Waals surface area contributed by atoms with Crippen LogP contribution in [0.15, 0.2) is 12.1 Å². The van der Waals surface area contributed by atoms with E-state index in [0.29, 0.717) is 16.7 Å². The molecule has 0 spiro atoms. The molecule has 3 nitrogen and oxygen atoms in total. The smallest absolute Gasteiger partial charge is 0.215 e. The molecule has 0 aliphatic carbocycles. The molecule has 0 saturated carbocycles. The number of hydrogen-bond donors (Lipinski definition) is 1. The number of ether oxygens (including phenoxy) is 1. The molecular formula is C8H11ClN2O. The summed E-state index contributed by atoms with van der Waals surface area (Å²) in [6, 6.07) is 3.36. The van der Waals surface area contributed by atoms with E-state index in [1.165, 1.54) is 0 Å². The molecule has 1 aromatic rings. The maximum Gasteiger partial charge on any atom is 0.215 e. The lowest BCUT2D eigenvalue weighted by atomic mass is 10.4. The van der Waals surface area contributed by atoms with E-state index >= 15 is 0 Å². The van der Waals surface area contributed by atoms with Crippen LogP contribution in [0.1, 0.15) is 13.8 Å². The van der Waals surface area contributed by atoms with Gasteiger partial charge < -0.3 is 10.5 Å². The van der Waals surface area contributed by atoms with Crippen molar-refractivity contribution in [3.63, 3.8) is 0 Å². The van der Waals surface area contributed by atoms with Crippen molar-refractivity contribution < 1.29 is 4.74 Å². The zero-order chi connectivity index (χ0) is 9.14. The average Bonchev–Trinajstić information content (AvgIpc) is 1.96. The third-order valence-electron chi connectivity index (χ3n) is 1.20. The van der Waals surface area contributed by atoms with Gasteiger partial charge in [0.1, 0.15) is 5.82 Å². The Hall–Kier alpha value is -0.960. The summed E-state index contributed by atoms with van der Waals surface area (Å²) in [6.07, 6.45) is 0.0954. The summed E-state index contributed by atoms with van der Waals surface area (Å²) >= 11 is 5.67. The van der Waals surface area contributed by atoms with Gasteiger partial charge in [-0.2, -0.15) is 4.98 Å². The van der Waals surface area contributed by atoms with Crippen LogP contribution in [0.5, 0.6) is 5.88 Å². The minimum atomic E-state index is 0.0954. The Labute approximate surface area is 76.5 Å². The van der Waals surface area contributed by atoms with Crippen LogP contribution in [-0.4, -0.2) is 11.1 Å². The molecule has 0 atom stereocenters. The van der Waals surface area contributed by atoms with Gasteiger partial charge in [-0.3, -0.25) is 0 Å². The van der Waals surface area contributed by atoms with Gasteiger partial charge in [-0.15, -0.1) is 0 Å². The van der Waals surface area contributed by atoms with Crippen molar-refractivity contribution in [2.75, 3.05) is 5.73 Å². The molecule has 0 aromatic carbocycles. The maximum atomic E-state index is 5.67. The molecule has 1 aromatic heterocycles. The zero-order valence-corrected chi connectivity index (χ0v) is 7.80. The Morgan fingerprint density at radius 1 is 1.50 bits per heavy atom. The number of pyridine rings is 1. The SMILES string of the molecule is CC(C)Oc1ccc(Cl)c(N)n1. The molecule has 2 N–H and O–H groups in total. The number of halogens is 1. The lowest BCUT2D eigenvalue weighted by Gasteiger charge is -2.08. The van der Waals surface area contributed by atoms with Crippen LogP contribution in [0.25, 0.3) is 0 Å². The Kier molecular flexibility index (Phi) is 2.76. The monoisotopic (exact) mass is 186 g/mol. The van der Waals surface area contributed by atoms with Crippen LogP contribution >= 0.6 is 11.6 Å². The Morgan fingerprint density at radius 3 is 2.67 bits per heavy atom. The molecule has 0 amide bonds. The van der Waals surface area contributed by atoms with Gasteiger partial charge in [0.25, 0.3) is 0 Å². The minimum Gasteiger partial charge on any atom is -0.475 e. The number of nitrogens with two attached hydrogens (primary N) is 1. The van der Waals surface area contributed by atoms with Gasteiger partial charge in [0.05, 0.1) is 11.1 Å². The quantitative estimate of drug-likeness (QED) is 0.770.